The fraction of sp³-hybridized carbons (Fsp3) is 0.462. The molecule has 0 spiro atoms. The second-order valence-electron chi connectivity index (χ2n) is 7.91. The van der Waals surface area contributed by atoms with E-state index in [1.807, 2.05) is 42.5 Å². The van der Waals surface area contributed by atoms with Crippen molar-refractivity contribution in [1.82, 2.24) is 0 Å². The molecule has 2 unspecified atom stereocenters. The molecule has 0 saturated heterocycles. The first-order valence-corrected chi connectivity index (χ1v) is 13.9. The molecule has 2 atom stereocenters. The van der Waals surface area contributed by atoms with Crippen molar-refractivity contribution >= 4 is 8.07 Å². The number of aliphatic hydroxyl groups excluding tert-OH is 2. The lowest BCUT2D eigenvalue weighted by atomic mass is 10.1. The molecule has 0 saturated carbocycles. The molecule has 0 heterocycles. The third-order valence-electron chi connectivity index (χ3n) is 5.75. The molecular weight excluding hydrogens is 404 g/mol. The maximum absolute atomic E-state index is 10.3. The van der Waals surface area contributed by atoms with E-state index in [0.717, 1.165) is 23.7 Å². The van der Waals surface area contributed by atoms with Crippen molar-refractivity contribution in [3.05, 3.63) is 60.2 Å². The Morgan fingerprint density at radius 3 is 1.84 bits per heavy atom. The van der Waals surface area contributed by atoms with Gasteiger partial charge < -0.3 is 19.7 Å². The predicted molar refractivity (Wildman–Crippen MR) is 129 cm³/mol. The number of rotatable bonds is 12. The Bertz CT molecular complexity index is 816. The smallest absolute Gasteiger partial charge is 0.161 e. The average Bonchev–Trinajstić information content (AvgIpc) is 2.80. The van der Waals surface area contributed by atoms with E-state index in [9.17, 15) is 10.2 Å². The largest absolute Gasteiger partial charge is 0.487 e. The van der Waals surface area contributed by atoms with Gasteiger partial charge in [0.1, 0.15) is 21.3 Å². The summed E-state index contributed by atoms with van der Waals surface area (Å²) < 4.78 is 11.6. The molecule has 2 N–H and O–H groups in total. The first kappa shape index (κ1) is 25.0. The van der Waals surface area contributed by atoms with Crippen molar-refractivity contribution in [1.29, 1.82) is 0 Å². The van der Waals surface area contributed by atoms with Crippen LogP contribution in [0.2, 0.25) is 18.1 Å². The van der Waals surface area contributed by atoms with Gasteiger partial charge in [-0.05, 0) is 35.8 Å². The van der Waals surface area contributed by atoms with Crippen LogP contribution in [0.15, 0.2) is 54.6 Å². The maximum Gasteiger partial charge on any atom is 0.161 e. The van der Waals surface area contributed by atoms with Crippen LogP contribution in [-0.4, -0.2) is 43.7 Å². The molecular formula is C26H36O4Si. The van der Waals surface area contributed by atoms with E-state index in [0.29, 0.717) is 24.3 Å². The highest BCUT2D eigenvalue weighted by Crippen LogP contribution is 2.27. The van der Waals surface area contributed by atoms with Gasteiger partial charge >= 0.3 is 0 Å². The number of benzene rings is 2. The fourth-order valence-corrected chi connectivity index (χ4v) is 5.94. The molecule has 5 heteroatoms. The van der Waals surface area contributed by atoms with Gasteiger partial charge in [0.25, 0.3) is 0 Å². The summed E-state index contributed by atoms with van der Waals surface area (Å²) in [6.45, 7) is 6.99. The van der Waals surface area contributed by atoms with Crippen LogP contribution in [0.25, 0.3) is 0 Å². The van der Waals surface area contributed by atoms with E-state index in [1.54, 1.807) is 12.1 Å². The van der Waals surface area contributed by atoms with Gasteiger partial charge in [-0.15, -0.1) is 11.5 Å². The molecule has 0 fully saturated rings. The summed E-state index contributed by atoms with van der Waals surface area (Å²) in [5, 5.41) is 20.6. The van der Waals surface area contributed by atoms with Gasteiger partial charge in [0, 0.05) is 12.8 Å². The van der Waals surface area contributed by atoms with Gasteiger partial charge in [0.15, 0.2) is 11.5 Å². The normalized spacial score (nSPS) is 13.1. The van der Waals surface area contributed by atoms with E-state index in [-0.39, 0.29) is 13.2 Å². The summed E-state index contributed by atoms with van der Waals surface area (Å²) in [5.74, 6) is 4.32. The molecule has 31 heavy (non-hydrogen) atoms. The van der Waals surface area contributed by atoms with Crippen LogP contribution in [0.1, 0.15) is 32.8 Å². The summed E-state index contributed by atoms with van der Waals surface area (Å²) >= 11 is 0. The molecule has 2 aromatic rings. The zero-order valence-electron chi connectivity index (χ0n) is 19.0. The first-order valence-electron chi connectivity index (χ1n) is 11.3. The Kier molecular flexibility index (Phi) is 10.7. The predicted octanol–water partition coefficient (Wildman–Crippen LogP) is 4.85. The molecule has 0 aliphatic heterocycles. The van der Waals surface area contributed by atoms with Crippen molar-refractivity contribution in [2.24, 2.45) is 0 Å². The van der Waals surface area contributed by atoms with Crippen molar-refractivity contribution in [3.63, 3.8) is 0 Å². The highest BCUT2D eigenvalue weighted by Gasteiger charge is 2.24. The lowest BCUT2D eigenvalue weighted by Crippen LogP contribution is -2.29. The average molecular weight is 441 g/mol. The van der Waals surface area contributed by atoms with Gasteiger partial charge in [-0.1, -0.05) is 63.2 Å². The highest BCUT2D eigenvalue weighted by atomic mass is 28.3. The lowest BCUT2D eigenvalue weighted by molar-refractivity contribution is 0.0951. The summed E-state index contributed by atoms with van der Waals surface area (Å²) in [5.41, 5.74) is 4.56. The summed E-state index contributed by atoms with van der Waals surface area (Å²) in [6.07, 6.45) is -0.328. The molecule has 0 radical (unpaired) electrons. The van der Waals surface area contributed by atoms with Crippen molar-refractivity contribution in [2.45, 2.75) is 64.0 Å². The van der Waals surface area contributed by atoms with Gasteiger partial charge in [-0.2, -0.15) is 0 Å². The number of ether oxygens (including phenoxy) is 2. The SMILES string of the molecule is CC[Si](C#CCC(O)COc1ccccc1OCC(O)Cc1ccccc1)(CC)CC. The first-order chi connectivity index (χ1) is 15.0. The topological polar surface area (TPSA) is 58.9 Å². The maximum atomic E-state index is 10.3. The fourth-order valence-electron chi connectivity index (χ4n) is 3.44. The monoisotopic (exact) mass is 440 g/mol. The third kappa shape index (κ3) is 8.41. The van der Waals surface area contributed by atoms with E-state index in [1.165, 1.54) is 0 Å². The van der Waals surface area contributed by atoms with E-state index in [4.69, 9.17) is 9.47 Å². The minimum Gasteiger partial charge on any atom is -0.487 e. The van der Waals surface area contributed by atoms with E-state index in [2.05, 4.69) is 32.2 Å². The van der Waals surface area contributed by atoms with E-state index < -0.39 is 20.3 Å². The molecule has 0 amide bonds. The van der Waals surface area contributed by atoms with Crippen LogP contribution < -0.4 is 9.47 Å². The highest BCUT2D eigenvalue weighted by molar-refractivity contribution is 6.87. The van der Waals surface area contributed by atoms with Crippen LogP contribution >= 0.6 is 0 Å². The molecule has 0 bridgehead atoms. The van der Waals surface area contributed by atoms with Gasteiger partial charge in [0.2, 0.25) is 0 Å². The second-order valence-corrected chi connectivity index (χ2v) is 12.8. The number of aliphatic hydroxyl groups is 2. The standard InChI is InChI=1S/C26H36O4Si/c1-4-31(5-2,6-3)18-12-15-23(27)20-29-25-16-10-11-17-26(25)30-21-24(28)19-22-13-8-7-9-14-22/h7-11,13-14,16-17,23-24,27-28H,4-6,15,19-21H2,1-3H3. The molecule has 168 valence electrons. The molecule has 2 rings (SSSR count). The van der Waals surface area contributed by atoms with Crippen molar-refractivity contribution < 1.29 is 19.7 Å². The van der Waals surface area contributed by atoms with Crippen LogP contribution in [-0.2, 0) is 6.42 Å². The van der Waals surface area contributed by atoms with Crippen molar-refractivity contribution in [2.75, 3.05) is 13.2 Å². The number of hydrogen-bond acceptors (Lipinski definition) is 4. The van der Waals surface area contributed by atoms with E-state index >= 15 is 0 Å². The quantitative estimate of drug-likeness (QED) is 0.366. The Morgan fingerprint density at radius 2 is 1.29 bits per heavy atom. The number of para-hydroxylation sites is 2. The molecule has 0 aromatic heterocycles. The zero-order chi connectivity index (χ0) is 22.5. The van der Waals surface area contributed by atoms with Crippen LogP contribution in [0.4, 0.5) is 0 Å². The second kappa shape index (κ2) is 13.2. The van der Waals surface area contributed by atoms with Crippen LogP contribution in [0.3, 0.4) is 0 Å². The van der Waals surface area contributed by atoms with Crippen LogP contribution in [0, 0.1) is 11.5 Å². The zero-order valence-corrected chi connectivity index (χ0v) is 20.0. The lowest BCUT2D eigenvalue weighted by Gasteiger charge is -2.20. The minimum absolute atomic E-state index is 0.153. The summed E-state index contributed by atoms with van der Waals surface area (Å²) in [4.78, 5) is 0. The molecule has 0 aliphatic carbocycles. The Labute approximate surface area is 188 Å². The molecule has 0 aliphatic rings. The van der Waals surface area contributed by atoms with Crippen molar-refractivity contribution in [3.8, 4) is 23.0 Å². The summed E-state index contributed by atoms with van der Waals surface area (Å²) in [6, 6.07) is 20.6. The Hall–Kier alpha value is -2.26. The van der Waals surface area contributed by atoms with Gasteiger partial charge in [0.05, 0.1) is 12.2 Å². The van der Waals surface area contributed by atoms with Crippen LogP contribution in [0.5, 0.6) is 11.5 Å². The van der Waals surface area contributed by atoms with Gasteiger partial charge in [-0.3, -0.25) is 0 Å². The molecule has 4 nitrogen and oxygen atoms in total. The Morgan fingerprint density at radius 1 is 0.774 bits per heavy atom. The third-order valence-corrected chi connectivity index (χ3v) is 10.5. The minimum atomic E-state index is -1.49. The molecule has 2 aromatic carbocycles. The Balaban J connectivity index is 1.85. The number of hydrogen-bond donors (Lipinski definition) is 2. The van der Waals surface area contributed by atoms with Gasteiger partial charge in [-0.25, -0.2) is 0 Å². The summed E-state index contributed by atoms with van der Waals surface area (Å²) in [7, 11) is -1.49.